The van der Waals surface area contributed by atoms with E-state index >= 15 is 0 Å². The highest BCUT2D eigenvalue weighted by molar-refractivity contribution is 5.78. The number of carbonyl (C=O) groups is 5. The van der Waals surface area contributed by atoms with Gasteiger partial charge in [-0.1, -0.05) is 217 Å². The van der Waals surface area contributed by atoms with Crippen molar-refractivity contribution in [3.05, 3.63) is 60.8 Å². The number of ether oxygens (including phenoxy) is 6. The number of hydrogen-bond donors (Lipinski definition) is 16. The molecule has 10 unspecified atom stereocenters. The SMILES string of the molecule is CCCCCC1OC1C/C=C/CC(=O)NCCCCCCN.CCCCCC1OC1C/C=C/CC(=O)NCCCCN.CCCCCC1OC1C/C=C/CC(=O)NCCCN.CCCCCC1OC1C/C=C/CC(=O)NCCN.CCCCCC1OC1C/C=C/CC(=O)OC.NCCCCCCN.NCCCCN.NCCCN.NCCN. The van der Waals surface area contributed by atoms with Gasteiger partial charge in [-0.2, -0.15) is 0 Å². The molecule has 0 radical (unpaired) electrons. The lowest BCUT2D eigenvalue weighted by molar-refractivity contribution is -0.139. The summed E-state index contributed by atoms with van der Waals surface area (Å²) in [4.78, 5) is 56.5. The molecule has 27 nitrogen and oxygen atoms in total. The number of hydrogen-bond acceptors (Lipinski definition) is 23. The molecule has 118 heavy (non-hydrogen) atoms. The van der Waals surface area contributed by atoms with E-state index in [1.807, 2.05) is 42.5 Å². The summed E-state index contributed by atoms with van der Waals surface area (Å²) >= 11 is 0. The van der Waals surface area contributed by atoms with Crippen LogP contribution in [0, 0.1) is 0 Å². The van der Waals surface area contributed by atoms with E-state index in [1.54, 1.807) is 0 Å². The molecule has 0 aliphatic carbocycles. The van der Waals surface area contributed by atoms with Crippen LogP contribution in [-0.4, -0.2) is 202 Å². The molecule has 27 heteroatoms. The molecule has 5 heterocycles. The van der Waals surface area contributed by atoms with Crippen molar-refractivity contribution in [1.29, 1.82) is 0 Å². The normalized spacial score (nSPS) is 19.3. The van der Waals surface area contributed by atoms with Crippen LogP contribution in [0.1, 0.15) is 317 Å². The zero-order valence-electron chi connectivity index (χ0n) is 75.9. The van der Waals surface area contributed by atoms with Crippen LogP contribution in [0.25, 0.3) is 0 Å². The number of nitrogens with two attached hydrogens (primary N) is 12. The number of unbranched alkanes of at least 4 members (excludes halogenated alkanes) is 18. The third kappa shape index (κ3) is 92.1. The van der Waals surface area contributed by atoms with Gasteiger partial charge in [0.15, 0.2) is 0 Å². The number of nitrogens with one attached hydrogen (secondary N) is 4. The highest BCUT2D eigenvalue weighted by atomic mass is 16.6. The van der Waals surface area contributed by atoms with Crippen LogP contribution in [0.15, 0.2) is 60.8 Å². The summed E-state index contributed by atoms with van der Waals surface area (Å²) in [7, 11) is 1.41. The molecule has 0 spiro atoms. The largest absolute Gasteiger partial charge is 0.469 e. The van der Waals surface area contributed by atoms with Crippen molar-refractivity contribution in [3.63, 3.8) is 0 Å². The van der Waals surface area contributed by atoms with Crippen LogP contribution >= 0.6 is 0 Å². The van der Waals surface area contributed by atoms with Gasteiger partial charge in [-0.15, -0.1) is 0 Å². The Labute approximate surface area is 719 Å². The summed E-state index contributed by atoms with van der Waals surface area (Å²) in [6.45, 7) is 22.2. The van der Waals surface area contributed by atoms with E-state index < -0.39 is 0 Å². The van der Waals surface area contributed by atoms with Gasteiger partial charge in [0.25, 0.3) is 0 Å². The maximum Gasteiger partial charge on any atom is 0.309 e. The Morgan fingerprint density at radius 3 is 0.686 bits per heavy atom. The number of epoxide rings is 5. The van der Waals surface area contributed by atoms with Gasteiger partial charge in [0.05, 0.1) is 74.6 Å². The molecule has 0 bridgehead atoms. The number of esters is 1. The fourth-order valence-electron chi connectivity index (χ4n) is 11.6. The Kier molecular flexibility index (Phi) is 97.6. The van der Waals surface area contributed by atoms with Crippen LogP contribution in [0.3, 0.4) is 0 Å². The molecule has 0 aromatic heterocycles. The maximum atomic E-state index is 11.6. The Balaban J connectivity index is -0.000000645. The highest BCUT2D eigenvalue weighted by Gasteiger charge is 2.39. The maximum absolute atomic E-state index is 11.6. The lowest BCUT2D eigenvalue weighted by Gasteiger charge is -2.03. The summed E-state index contributed by atoms with van der Waals surface area (Å²) < 4.78 is 32.4. The van der Waals surface area contributed by atoms with E-state index in [0.29, 0.717) is 139 Å². The van der Waals surface area contributed by atoms with Gasteiger partial charge in [-0.3, -0.25) is 24.0 Å². The summed E-state index contributed by atoms with van der Waals surface area (Å²) in [5.74, 6) is 0.127. The number of methoxy groups -OCH3 is 1. The van der Waals surface area contributed by atoms with E-state index in [1.165, 1.54) is 148 Å². The van der Waals surface area contributed by atoms with E-state index in [0.717, 1.165) is 168 Å². The van der Waals surface area contributed by atoms with Crippen LogP contribution in [0.2, 0.25) is 0 Å². The molecule has 5 aliphatic rings. The number of carbonyl (C=O) groups excluding carboxylic acids is 5. The Morgan fingerprint density at radius 2 is 0.458 bits per heavy atom. The van der Waals surface area contributed by atoms with E-state index in [4.69, 9.17) is 92.5 Å². The molecule has 5 fully saturated rings. The monoisotopic (exact) mass is 1680 g/mol. The van der Waals surface area contributed by atoms with Crippen molar-refractivity contribution < 1.29 is 52.4 Å². The van der Waals surface area contributed by atoms with E-state index in [9.17, 15) is 24.0 Å². The first kappa shape index (κ1) is 120. The predicted molar refractivity (Wildman–Crippen MR) is 493 cm³/mol. The van der Waals surface area contributed by atoms with Crippen molar-refractivity contribution in [2.24, 2.45) is 68.8 Å². The fourth-order valence-corrected chi connectivity index (χ4v) is 11.6. The minimum absolute atomic E-state index is 0.0351. The second-order valence-corrected chi connectivity index (χ2v) is 30.5. The van der Waals surface area contributed by atoms with Gasteiger partial charge in [0.2, 0.25) is 23.6 Å². The lowest BCUT2D eigenvalue weighted by atomic mass is 10.1. The molecular formula is C91H186N16O11. The Hall–Kier alpha value is -4.63. The first-order chi connectivity index (χ1) is 57.5. The smallest absolute Gasteiger partial charge is 0.309 e. The zero-order chi connectivity index (χ0) is 88.2. The van der Waals surface area contributed by atoms with E-state index in [2.05, 4.69) is 78.9 Å². The molecule has 696 valence electrons. The van der Waals surface area contributed by atoms with Crippen LogP contribution in [0.5, 0.6) is 0 Å². The Bertz CT molecular complexity index is 2320. The third-order valence-corrected chi connectivity index (χ3v) is 19.3. The van der Waals surface area contributed by atoms with Gasteiger partial charge < -0.3 is 118 Å². The molecule has 4 amide bonds. The van der Waals surface area contributed by atoms with Crippen LogP contribution in [0.4, 0.5) is 0 Å². The lowest BCUT2D eigenvalue weighted by Crippen LogP contribution is -2.28. The topological polar surface area (TPSA) is 518 Å². The van der Waals surface area contributed by atoms with Crippen molar-refractivity contribution in [2.45, 2.75) is 378 Å². The van der Waals surface area contributed by atoms with Crippen molar-refractivity contribution >= 4 is 29.6 Å². The number of amides is 4. The van der Waals surface area contributed by atoms with Crippen molar-refractivity contribution in [2.75, 3.05) is 112 Å². The minimum Gasteiger partial charge on any atom is -0.469 e. The summed E-state index contributed by atoms with van der Waals surface area (Å²) in [6, 6.07) is 0. The van der Waals surface area contributed by atoms with Gasteiger partial charge in [0, 0.05) is 71.5 Å². The molecule has 5 aliphatic heterocycles. The number of rotatable bonds is 66. The first-order valence-electron chi connectivity index (χ1n) is 46.6. The molecule has 0 saturated carbocycles. The van der Waals surface area contributed by atoms with Gasteiger partial charge in [0.1, 0.15) is 0 Å². The van der Waals surface area contributed by atoms with Gasteiger partial charge in [-0.25, -0.2) is 0 Å². The molecule has 0 aromatic rings. The first-order valence-corrected chi connectivity index (χ1v) is 46.6. The van der Waals surface area contributed by atoms with Crippen LogP contribution < -0.4 is 90.1 Å². The standard InChI is InChI=1S/C18H34N2O2.C16H30N2O2.C15H28N2O2.C14H26N2O2.C13H22O3.C6H16N2.C4H12N2.C3H10N2.C2H8N2/c1-2-3-6-11-16-17(22-16)12-7-8-13-18(21)20-15-10-5-4-9-14-19;1-2-3-4-9-14-15(20-14)10-5-6-11-16(19)18-13-8-7-12-17;1-2-3-4-8-13-14(19-13)9-5-6-10-15(18)17-12-7-11-16;1-2-3-4-7-12-13(18-12)8-5-6-9-14(17)16-11-10-15;1-3-4-5-8-11-12(16-11)9-6-7-10-13(14)15-2;7-5-3-1-2-4-6-8;5-3-1-2-4-6;4-2-1-3-5;3-1-2-4/h7-8,16-17H,2-6,9-15,19H2,1H3,(H,20,21);5-6,14-15H,2-4,7-13,17H2,1H3,(H,18,19);5-6,13-14H,2-4,7-12,16H2,1H3,(H,17,18);5-6,12-13H,2-4,7-11,15H2,1H3,(H,16,17);6-7,11-12H,3-5,8-10H2,1-2H3;1-8H2;1-6H2;1-5H2;1-4H2/b8-7+;3*6-5+;7-6+;;;;. The minimum atomic E-state index is -0.188. The summed E-state index contributed by atoms with van der Waals surface area (Å²) in [5, 5.41) is 11.4. The highest BCUT2D eigenvalue weighted by Crippen LogP contribution is 2.34. The van der Waals surface area contributed by atoms with Crippen molar-refractivity contribution in [3.8, 4) is 0 Å². The summed E-state index contributed by atoms with van der Waals surface area (Å²) in [6.07, 6.45) is 71.3. The van der Waals surface area contributed by atoms with E-state index in [-0.39, 0.29) is 29.6 Å². The molecule has 28 N–H and O–H groups in total. The van der Waals surface area contributed by atoms with Crippen LogP contribution in [-0.2, 0) is 52.4 Å². The third-order valence-electron chi connectivity index (χ3n) is 19.3. The summed E-state index contributed by atoms with van der Waals surface area (Å²) in [5.41, 5.74) is 62.3. The van der Waals surface area contributed by atoms with Crippen molar-refractivity contribution in [1.82, 2.24) is 21.3 Å². The average molecular weight is 1680 g/mol. The quantitative estimate of drug-likeness (QED) is 0.0116. The Morgan fingerprint density at radius 1 is 0.237 bits per heavy atom. The van der Waals surface area contributed by atoms with Gasteiger partial charge >= 0.3 is 5.97 Å². The molecule has 5 rings (SSSR count). The molecule has 0 aromatic carbocycles. The fraction of sp³-hybridized carbons (Fsp3) is 0.835. The molecule has 5 saturated heterocycles. The zero-order valence-corrected chi connectivity index (χ0v) is 75.9. The second-order valence-electron chi connectivity index (χ2n) is 30.5. The molecule has 10 atom stereocenters. The predicted octanol–water partition coefficient (Wildman–Crippen LogP) is 10.9. The second kappa shape index (κ2) is 96.2. The molecular weight excluding hydrogens is 1490 g/mol. The van der Waals surface area contributed by atoms with Gasteiger partial charge in [-0.05, 0) is 187 Å². The average Bonchev–Trinajstić information content (AvgIpc) is 1.74.